The fraction of sp³-hybridized carbons (Fsp3) is 0.857. The van der Waals surface area contributed by atoms with Gasteiger partial charge in [-0.15, -0.1) is 0 Å². The lowest BCUT2D eigenvalue weighted by molar-refractivity contribution is -0.140. The second-order valence-corrected chi connectivity index (χ2v) is 1.43. The van der Waals surface area contributed by atoms with Crippen molar-refractivity contribution in [3.05, 3.63) is 0 Å². The molecule has 0 spiro atoms. The van der Waals surface area contributed by atoms with E-state index < -0.39 is 0 Å². The average Bonchev–Trinajstić information content (AvgIpc) is 2.04. The molecule has 0 atom stereocenters. The summed E-state index contributed by atoms with van der Waals surface area (Å²) < 4.78 is 4.37. The highest BCUT2D eigenvalue weighted by Gasteiger charge is 1.94. The predicted molar refractivity (Wildman–Crippen MR) is 41.9 cm³/mol. The molecule has 0 saturated carbocycles. The van der Waals surface area contributed by atoms with Gasteiger partial charge in [0.25, 0.3) is 0 Å². The number of rotatable bonds is 3. The Morgan fingerprint density at radius 1 is 1.50 bits per heavy atom. The summed E-state index contributed by atoms with van der Waals surface area (Å²) in [7, 11) is 3.18. The molecule has 0 radical (unpaired) electrons. The van der Waals surface area contributed by atoms with Crippen molar-refractivity contribution in [3.63, 3.8) is 0 Å². The van der Waals surface area contributed by atoms with Gasteiger partial charge < -0.3 is 10.1 Å². The molecule has 0 amide bonds. The number of methoxy groups -OCH3 is 1. The normalized spacial score (nSPS) is 7.60. The smallest absolute Gasteiger partial charge is 0.306 e. The van der Waals surface area contributed by atoms with E-state index in [1.165, 1.54) is 7.11 Å². The fourth-order valence-corrected chi connectivity index (χ4v) is 0.329. The van der Waals surface area contributed by atoms with Crippen LogP contribution in [0.4, 0.5) is 0 Å². The van der Waals surface area contributed by atoms with E-state index in [1.807, 2.05) is 13.8 Å². The maximum atomic E-state index is 10.3. The van der Waals surface area contributed by atoms with E-state index in [0.717, 1.165) is 0 Å². The Morgan fingerprint density at radius 2 is 2.00 bits per heavy atom. The minimum Gasteiger partial charge on any atom is -0.469 e. The van der Waals surface area contributed by atoms with Crippen LogP contribution in [0, 0.1) is 0 Å². The van der Waals surface area contributed by atoms with E-state index in [-0.39, 0.29) is 5.97 Å². The van der Waals surface area contributed by atoms with Gasteiger partial charge in [0.2, 0.25) is 0 Å². The molecule has 0 aromatic heterocycles. The first-order valence-corrected chi connectivity index (χ1v) is 3.52. The van der Waals surface area contributed by atoms with Gasteiger partial charge in [-0.05, 0) is 7.05 Å². The predicted octanol–water partition coefficient (Wildman–Crippen LogP) is 0.795. The van der Waals surface area contributed by atoms with Gasteiger partial charge in [0, 0.05) is 6.54 Å². The van der Waals surface area contributed by atoms with Crippen LogP contribution < -0.4 is 5.32 Å². The van der Waals surface area contributed by atoms with Crippen LogP contribution in [0.2, 0.25) is 0 Å². The van der Waals surface area contributed by atoms with Gasteiger partial charge in [-0.25, -0.2) is 0 Å². The Labute approximate surface area is 62.8 Å². The summed E-state index contributed by atoms with van der Waals surface area (Å²) in [5.41, 5.74) is 0. The van der Waals surface area contributed by atoms with E-state index in [9.17, 15) is 4.79 Å². The third-order valence-electron chi connectivity index (χ3n) is 0.807. The van der Waals surface area contributed by atoms with E-state index in [1.54, 1.807) is 7.05 Å². The van der Waals surface area contributed by atoms with Gasteiger partial charge in [0.1, 0.15) is 0 Å². The van der Waals surface area contributed by atoms with Crippen LogP contribution in [0.1, 0.15) is 20.3 Å². The van der Waals surface area contributed by atoms with Crippen molar-refractivity contribution in [2.24, 2.45) is 0 Å². The lowest BCUT2D eigenvalue weighted by Crippen LogP contribution is -2.13. The third kappa shape index (κ3) is 10.4. The number of nitrogens with one attached hydrogen (secondary N) is 1. The summed E-state index contributed by atoms with van der Waals surface area (Å²) in [6.07, 6.45) is 0.451. The summed E-state index contributed by atoms with van der Waals surface area (Å²) in [5, 5.41) is 2.83. The Kier molecular flexibility index (Phi) is 13.7. The summed E-state index contributed by atoms with van der Waals surface area (Å²) in [4.78, 5) is 10.3. The standard InChI is InChI=1S/C5H11NO2.C2H6/c1-6-4-3-5(7)8-2;1-2/h6H,3-4H2,1-2H3;1-2H3. The molecule has 0 bridgehead atoms. The lowest BCUT2D eigenvalue weighted by Gasteiger charge is -1.95. The zero-order valence-electron chi connectivity index (χ0n) is 7.23. The van der Waals surface area contributed by atoms with E-state index in [0.29, 0.717) is 13.0 Å². The molecule has 62 valence electrons. The molecule has 3 heteroatoms. The number of hydrogen-bond acceptors (Lipinski definition) is 3. The first-order chi connectivity index (χ1) is 4.81. The van der Waals surface area contributed by atoms with Crippen LogP contribution in [0.5, 0.6) is 0 Å². The maximum absolute atomic E-state index is 10.3. The first-order valence-electron chi connectivity index (χ1n) is 3.52. The first kappa shape index (κ1) is 12.1. The molecular formula is C7H17NO2. The molecule has 0 unspecified atom stereocenters. The summed E-state index contributed by atoms with van der Waals surface area (Å²) in [6.45, 7) is 4.69. The van der Waals surface area contributed by atoms with Gasteiger partial charge in [-0.2, -0.15) is 0 Å². The highest BCUT2D eigenvalue weighted by atomic mass is 16.5. The second-order valence-electron chi connectivity index (χ2n) is 1.43. The Bertz CT molecular complexity index is 74.0. The summed E-state index contributed by atoms with van der Waals surface area (Å²) in [6, 6.07) is 0. The van der Waals surface area contributed by atoms with Crippen molar-refractivity contribution in [3.8, 4) is 0 Å². The summed E-state index contributed by atoms with van der Waals surface area (Å²) >= 11 is 0. The topological polar surface area (TPSA) is 38.3 Å². The average molecular weight is 147 g/mol. The van der Waals surface area contributed by atoms with Crippen LogP contribution in [-0.4, -0.2) is 26.7 Å². The molecular weight excluding hydrogens is 130 g/mol. The Balaban J connectivity index is 0. The van der Waals surface area contributed by atoms with E-state index in [4.69, 9.17) is 0 Å². The van der Waals surface area contributed by atoms with Gasteiger partial charge in [-0.1, -0.05) is 13.8 Å². The molecule has 0 aliphatic rings. The number of ether oxygens (including phenoxy) is 1. The number of carbonyl (C=O) groups excluding carboxylic acids is 1. The molecule has 0 heterocycles. The molecule has 0 fully saturated rings. The van der Waals surface area contributed by atoms with Crippen LogP contribution in [0.3, 0.4) is 0 Å². The van der Waals surface area contributed by atoms with E-state index >= 15 is 0 Å². The molecule has 0 saturated heterocycles. The van der Waals surface area contributed by atoms with Crippen LogP contribution >= 0.6 is 0 Å². The van der Waals surface area contributed by atoms with Gasteiger partial charge in [0.05, 0.1) is 13.5 Å². The van der Waals surface area contributed by atoms with Crippen molar-refractivity contribution >= 4 is 5.97 Å². The number of esters is 1. The van der Waals surface area contributed by atoms with Crippen LogP contribution in [0.15, 0.2) is 0 Å². The van der Waals surface area contributed by atoms with Gasteiger partial charge in [-0.3, -0.25) is 4.79 Å². The highest BCUT2D eigenvalue weighted by molar-refractivity contribution is 5.69. The molecule has 3 nitrogen and oxygen atoms in total. The lowest BCUT2D eigenvalue weighted by atomic mass is 10.4. The quantitative estimate of drug-likeness (QED) is 0.600. The van der Waals surface area contributed by atoms with Crippen molar-refractivity contribution in [1.29, 1.82) is 0 Å². The van der Waals surface area contributed by atoms with Crippen molar-refractivity contribution in [2.75, 3.05) is 20.7 Å². The molecule has 0 aromatic rings. The minimum atomic E-state index is -0.167. The highest BCUT2D eigenvalue weighted by Crippen LogP contribution is 1.78. The molecule has 0 rings (SSSR count). The van der Waals surface area contributed by atoms with Crippen molar-refractivity contribution in [1.82, 2.24) is 5.32 Å². The van der Waals surface area contributed by atoms with Gasteiger partial charge in [0.15, 0.2) is 0 Å². The number of hydrogen-bond donors (Lipinski definition) is 1. The second kappa shape index (κ2) is 11.3. The SMILES string of the molecule is CC.CNCCC(=O)OC. The molecule has 1 N–H and O–H groups in total. The fourth-order valence-electron chi connectivity index (χ4n) is 0.329. The van der Waals surface area contributed by atoms with E-state index in [2.05, 4.69) is 10.1 Å². The minimum absolute atomic E-state index is 0.167. The third-order valence-corrected chi connectivity index (χ3v) is 0.807. The Hall–Kier alpha value is -0.570. The summed E-state index contributed by atoms with van der Waals surface area (Å²) in [5.74, 6) is -0.167. The molecule has 10 heavy (non-hydrogen) atoms. The monoisotopic (exact) mass is 147 g/mol. The van der Waals surface area contributed by atoms with Crippen molar-refractivity contribution in [2.45, 2.75) is 20.3 Å². The zero-order valence-corrected chi connectivity index (χ0v) is 7.23. The molecule has 0 aliphatic carbocycles. The molecule has 0 aliphatic heterocycles. The van der Waals surface area contributed by atoms with Crippen LogP contribution in [0.25, 0.3) is 0 Å². The number of carbonyl (C=O) groups is 1. The maximum Gasteiger partial charge on any atom is 0.306 e. The van der Waals surface area contributed by atoms with Gasteiger partial charge >= 0.3 is 5.97 Å². The zero-order chi connectivity index (χ0) is 8.41. The molecule has 0 aromatic carbocycles. The van der Waals surface area contributed by atoms with Crippen molar-refractivity contribution < 1.29 is 9.53 Å². The largest absolute Gasteiger partial charge is 0.469 e. The van der Waals surface area contributed by atoms with Crippen LogP contribution in [-0.2, 0) is 9.53 Å². The Morgan fingerprint density at radius 3 is 2.30 bits per heavy atom.